The van der Waals surface area contributed by atoms with E-state index in [-0.39, 0.29) is 41.5 Å². The lowest BCUT2D eigenvalue weighted by atomic mass is 10.4. The summed E-state index contributed by atoms with van der Waals surface area (Å²) in [6.07, 6.45) is -0.170. The predicted molar refractivity (Wildman–Crippen MR) is 87.9 cm³/mol. The first kappa shape index (κ1) is 18.6. The van der Waals surface area contributed by atoms with E-state index in [9.17, 15) is 13.2 Å². The first-order valence-electron chi connectivity index (χ1n) is 7.32. The normalized spacial score (nSPS) is 11.0. The summed E-state index contributed by atoms with van der Waals surface area (Å²) in [5, 5.41) is 2.56. The maximum absolute atomic E-state index is 12.1. The van der Waals surface area contributed by atoms with Gasteiger partial charge in [-0.05, 0) is 12.1 Å². The second kappa shape index (κ2) is 8.38. The monoisotopic (exact) mass is 366 g/mol. The van der Waals surface area contributed by atoms with Gasteiger partial charge in [0.1, 0.15) is 0 Å². The predicted octanol–water partition coefficient (Wildman–Crippen LogP) is 0.369. The molecule has 0 saturated heterocycles. The molecule has 1 N–H and O–H groups in total. The third kappa shape index (κ3) is 5.38. The van der Waals surface area contributed by atoms with E-state index in [1.165, 1.54) is 26.4 Å². The maximum atomic E-state index is 12.1. The van der Waals surface area contributed by atoms with Crippen LogP contribution in [0.2, 0.25) is 0 Å². The Labute approximate surface area is 145 Å². The summed E-state index contributed by atoms with van der Waals surface area (Å²) in [6, 6.07) is 8.10. The van der Waals surface area contributed by atoms with E-state index >= 15 is 0 Å². The van der Waals surface area contributed by atoms with Crippen molar-refractivity contribution in [1.82, 2.24) is 20.3 Å². The van der Waals surface area contributed by atoms with Crippen LogP contribution in [0.3, 0.4) is 0 Å². The average Bonchev–Trinajstić information content (AvgIpc) is 2.65. The molecule has 0 unspecified atom stereocenters. The van der Waals surface area contributed by atoms with Crippen molar-refractivity contribution >= 4 is 15.7 Å². The fraction of sp³-hybridized carbons (Fsp3) is 0.333. The van der Waals surface area contributed by atoms with E-state index in [1.807, 2.05) is 0 Å². The number of hydrogen-bond acceptors (Lipinski definition) is 8. The van der Waals surface area contributed by atoms with Crippen LogP contribution in [0.5, 0.6) is 12.0 Å². The molecule has 10 heteroatoms. The number of rotatable bonds is 8. The lowest BCUT2D eigenvalue weighted by molar-refractivity contribution is -0.120. The number of amides is 1. The summed E-state index contributed by atoms with van der Waals surface area (Å²) in [4.78, 5) is 23.9. The maximum Gasteiger partial charge on any atom is 0.322 e. The quantitative estimate of drug-likeness (QED) is 0.711. The van der Waals surface area contributed by atoms with Crippen LogP contribution in [0.1, 0.15) is 12.2 Å². The van der Waals surface area contributed by atoms with Gasteiger partial charge in [-0.3, -0.25) is 4.79 Å². The number of nitrogens with zero attached hydrogens (tertiary/aromatic N) is 3. The van der Waals surface area contributed by atoms with E-state index in [4.69, 9.17) is 9.47 Å². The average molecular weight is 366 g/mol. The molecule has 0 radical (unpaired) electrons. The Hall–Kier alpha value is -2.75. The molecule has 134 valence electrons. The molecule has 2 aromatic rings. The fourth-order valence-electron chi connectivity index (χ4n) is 1.88. The van der Waals surface area contributed by atoms with Crippen molar-refractivity contribution in [3.63, 3.8) is 0 Å². The van der Waals surface area contributed by atoms with Crippen LogP contribution in [0.15, 0.2) is 35.2 Å². The molecule has 0 atom stereocenters. The summed E-state index contributed by atoms with van der Waals surface area (Å²) in [7, 11) is -0.713. The molecule has 0 bridgehead atoms. The van der Waals surface area contributed by atoms with Crippen molar-refractivity contribution in [2.45, 2.75) is 17.9 Å². The highest BCUT2D eigenvalue weighted by atomic mass is 32.2. The van der Waals surface area contributed by atoms with Gasteiger partial charge in [0.25, 0.3) is 0 Å². The van der Waals surface area contributed by atoms with E-state index < -0.39 is 15.7 Å². The van der Waals surface area contributed by atoms with Gasteiger partial charge in [0.05, 0.1) is 31.4 Å². The van der Waals surface area contributed by atoms with Crippen LogP contribution in [-0.2, 0) is 21.2 Å². The first-order valence-corrected chi connectivity index (χ1v) is 8.97. The molecule has 1 heterocycles. The third-order valence-corrected chi connectivity index (χ3v) is 4.88. The fourth-order valence-corrected chi connectivity index (χ4v) is 3.14. The number of methoxy groups -OCH3 is 2. The standard InChI is InChI=1S/C15H18N4O5S/c1-23-14-17-12(18-15(19-14)24-2)10-16-13(20)8-9-25(21,22)11-6-4-3-5-7-11/h3-7H,8-10H2,1-2H3,(H,16,20). The summed E-state index contributed by atoms with van der Waals surface area (Å²) in [5.74, 6) is -0.479. The van der Waals surface area contributed by atoms with Gasteiger partial charge in [0.2, 0.25) is 5.91 Å². The minimum absolute atomic E-state index is 0.000538. The van der Waals surface area contributed by atoms with Gasteiger partial charge in [-0.1, -0.05) is 18.2 Å². The zero-order valence-electron chi connectivity index (χ0n) is 13.8. The van der Waals surface area contributed by atoms with Crippen LogP contribution in [0, 0.1) is 0 Å². The molecule has 1 aromatic heterocycles. The third-order valence-electron chi connectivity index (χ3n) is 3.15. The number of carbonyl (C=O) groups is 1. The van der Waals surface area contributed by atoms with Gasteiger partial charge in [-0.25, -0.2) is 8.42 Å². The molecule has 0 aliphatic carbocycles. The van der Waals surface area contributed by atoms with E-state index in [0.29, 0.717) is 0 Å². The molecule has 0 aliphatic rings. The van der Waals surface area contributed by atoms with E-state index in [2.05, 4.69) is 20.3 Å². The topological polar surface area (TPSA) is 120 Å². The summed E-state index contributed by atoms with van der Waals surface area (Å²) < 4.78 is 34.1. The molecule has 2 rings (SSSR count). The van der Waals surface area contributed by atoms with Gasteiger partial charge >= 0.3 is 12.0 Å². The number of benzene rings is 1. The first-order chi connectivity index (χ1) is 11.9. The van der Waals surface area contributed by atoms with Crippen molar-refractivity contribution in [3.8, 4) is 12.0 Å². The lowest BCUT2D eigenvalue weighted by Crippen LogP contribution is -2.26. The van der Waals surface area contributed by atoms with Crippen LogP contribution in [-0.4, -0.2) is 49.2 Å². The molecule has 0 saturated carbocycles. The Morgan fingerprint density at radius 3 is 2.20 bits per heavy atom. The molecule has 0 aliphatic heterocycles. The number of aromatic nitrogens is 3. The van der Waals surface area contributed by atoms with E-state index in [0.717, 1.165) is 0 Å². The molecular weight excluding hydrogens is 348 g/mol. The molecule has 0 fully saturated rings. The largest absolute Gasteiger partial charge is 0.467 e. The molecule has 25 heavy (non-hydrogen) atoms. The van der Waals surface area contributed by atoms with Gasteiger partial charge in [-0.2, -0.15) is 9.97 Å². The number of sulfone groups is 1. The summed E-state index contributed by atoms with van der Waals surface area (Å²) in [5.41, 5.74) is 0. The van der Waals surface area contributed by atoms with Crippen molar-refractivity contribution in [2.75, 3.05) is 20.0 Å². The summed E-state index contributed by atoms with van der Waals surface area (Å²) >= 11 is 0. The van der Waals surface area contributed by atoms with Crippen LogP contribution < -0.4 is 14.8 Å². The van der Waals surface area contributed by atoms with Crippen molar-refractivity contribution in [1.29, 1.82) is 0 Å². The Bertz CT molecular complexity index is 805. The molecule has 9 nitrogen and oxygen atoms in total. The highest BCUT2D eigenvalue weighted by Crippen LogP contribution is 2.11. The van der Waals surface area contributed by atoms with Crippen molar-refractivity contribution < 1.29 is 22.7 Å². The molecule has 0 spiro atoms. The number of nitrogens with one attached hydrogen (secondary N) is 1. The Morgan fingerprint density at radius 1 is 1.04 bits per heavy atom. The highest BCUT2D eigenvalue weighted by molar-refractivity contribution is 7.91. The smallest absolute Gasteiger partial charge is 0.322 e. The van der Waals surface area contributed by atoms with E-state index in [1.54, 1.807) is 18.2 Å². The summed E-state index contributed by atoms with van der Waals surface area (Å²) in [6.45, 7) is -0.000538. The van der Waals surface area contributed by atoms with Crippen molar-refractivity contribution in [3.05, 3.63) is 36.2 Å². The van der Waals surface area contributed by atoms with Crippen LogP contribution in [0.4, 0.5) is 0 Å². The van der Waals surface area contributed by atoms with Gasteiger partial charge in [0, 0.05) is 6.42 Å². The number of ether oxygens (including phenoxy) is 2. The second-order valence-electron chi connectivity index (χ2n) is 4.88. The van der Waals surface area contributed by atoms with Crippen LogP contribution in [0.25, 0.3) is 0 Å². The van der Waals surface area contributed by atoms with Gasteiger partial charge < -0.3 is 14.8 Å². The Kier molecular flexibility index (Phi) is 6.23. The van der Waals surface area contributed by atoms with Gasteiger partial charge in [0.15, 0.2) is 15.7 Å². The number of hydrogen-bond donors (Lipinski definition) is 1. The SMILES string of the molecule is COc1nc(CNC(=O)CCS(=O)(=O)c2ccccc2)nc(OC)n1. The number of carbonyl (C=O) groups excluding carboxylic acids is 1. The highest BCUT2D eigenvalue weighted by Gasteiger charge is 2.16. The Balaban J connectivity index is 1.91. The molecular formula is C15H18N4O5S. The second-order valence-corrected chi connectivity index (χ2v) is 6.99. The van der Waals surface area contributed by atoms with Crippen molar-refractivity contribution in [2.24, 2.45) is 0 Å². The van der Waals surface area contributed by atoms with Gasteiger partial charge in [-0.15, -0.1) is 4.98 Å². The minimum Gasteiger partial charge on any atom is -0.467 e. The Morgan fingerprint density at radius 2 is 1.64 bits per heavy atom. The molecule has 1 amide bonds. The van der Waals surface area contributed by atoms with Crippen LogP contribution >= 0.6 is 0 Å². The molecule has 1 aromatic carbocycles. The minimum atomic E-state index is -3.50. The zero-order chi connectivity index (χ0) is 18.3. The zero-order valence-corrected chi connectivity index (χ0v) is 14.6. The lowest BCUT2D eigenvalue weighted by Gasteiger charge is -2.07.